The molecular weight excluding hydrogens is 510 g/mol. The Hall–Kier alpha value is -2.61. The number of halogens is 2. The highest BCUT2D eigenvalue weighted by molar-refractivity contribution is 9.10. The third-order valence-corrected chi connectivity index (χ3v) is 6.84. The Bertz CT molecular complexity index is 1390. The molecular formula is C24H19BrClN3O2S. The molecule has 0 unspecified atom stereocenters. The summed E-state index contributed by atoms with van der Waals surface area (Å²) in [6.07, 6.45) is 0. The Labute approximate surface area is 203 Å². The summed E-state index contributed by atoms with van der Waals surface area (Å²) in [6, 6.07) is 18.4. The minimum absolute atomic E-state index is 0.0930. The van der Waals surface area contributed by atoms with Gasteiger partial charge in [0, 0.05) is 14.4 Å². The molecule has 4 rings (SSSR count). The number of carbonyl (C=O) groups is 1. The van der Waals surface area contributed by atoms with E-state index in [-0.39, 0.29) is 17.2 Å². The molecule has 0 radical (unpaired) electrons. The number of fused-ring (bicyclic) bond motifs is 1. The van der Waals surface area contributed by atoms with E-state index in [0.29, 0.717) is 21.9 Å². The van der Waals surface area contributed by atoms with Crippen molar-refractivity contribution in [2.75, 3.05) is 11.1 Å². The number of para-hydroxylation sites is 1. The predicted molar refractivity (Wildman–Crippen MR) is 135 cm³/mol. The fraction of sp³-hybridized carbons (Fsp3) is 0.125. The second kappa shape index (κ2) is 9.48. The maximum absolute atomic E-state index is 13.1. The van der Waals surface area contributed by atoms with E-state index in [0.717, 1.165) is 26.1 Å². The Kier molecular flexibility index (Phi) is 6.69. The van der Waals surface area contributed by atoms with E-state index in [1.54, 1.807) is 28.8 Å². The summed E-state index contributed by atoms with van der Waals surface area (Å²) in [6.45, 7) is 3.78. The van der Waals surface area contributed by atoms with Crippen molar-refractivity contribution in [3.63, 3.8) is 0 Å². The first-order chi connectivity index (χ1) is 15.3. The Balaban J connectivity index is 1.49. The zero-order valence-electron chi connectivity index (χ0n) is 17.4. The summed E-state index contributed by atoms with van der Waals surface area (Å²) in [5.74, 6) is 0.762. The van der Waals surface area contributed by atoms with Gasteiger partial charge in [0.2, 0.25) is 5.91 Å². The van der Waals surface area contributed by atoms with Crippen LogP contribution in [-0.4, -0.2) is 21.2 Å². The minimum atomic E-state index is -0.122. The van der Waals surface area contributed by atoms with E-state index >= 15 is 0 Å². The number of amides is 1. The van der Waals surface area contributed by atoms with Crippen LogP contribution in [0.2, 0.25) is 5.02 Å². The van der Waals surface area contributed by atoms with E-state index in [9.17, 15) is 9.59 Å². The van der Waals surface area contributed by atoms with Crippen LogP contribution in [0.1, 0.15) is 11.4 Å². The molecule has 0 aliphatic rings. The first kappa shape index (κ1) is 22.6. The zero-order chi connectivity index (χ0) is 22.8. The number of benzene rings is 3. The van der Waals surface area contributed by atoms with Crippen LogP contribution in [0, 0.1) is 13.8 Å². The first-order valence-corrected chi connectivity index (χ1v) is 12.0. The number of hydrogen-bond acceptors (Lipinski definition) is 4. The van der Waals surface area contributed by atoms with Gasteiger partial charge in [-0.2, -0.15) is 0 Å². The Morgan fingerprint density at radius 2 is 1.88 bits per heavy atom. The number of carbonyl (C=O) groups excluding carboxylic acids is 1. The molecule has 1 aromatic heterocycles. The van der Waals surface area contributed by atoms with E-state index in [1.165, 1.54) is 11.8 Å². The van der Waals surface area contributed by atoms with Crippen LogP contribution < -0.4 is 10.9 Å². The number of aromatic nitrogens is 2. The molecule has 0 fully saturated rings. The lowest BCUT2D eigenvalue weighted by molar-refractivity contribution is -0.113. The molecule has 0 aliphatic heterocycles. The lowest BCUT2D eigenvalue weighted by atomic mass is 10.1. The summed E-state index contributed by atoms with van der Waals surface area (Å²) < 4.78 is 2.34. The van der Waals surface area contributed by atoms with Gasteiger partial charge >= 0.3 is 0 Å². The largest absolute Gasteiger partial charge is 0.324 e. The number of thioether (sulfide) groups is 1. The van der Waals surface area contributed by atoms with Gasteiger partial charge in [-0.05, 0) is 83.9 Å². The van der Waals surface area contributed by atoms with Crippen molar-refractivity contribution in [3.8, 4) is 5.69 Å². The second-order valence-corrected chi connectivity index (χ2v) is 9.57. The van der Waals surface area contributed by atoms with Crippen LogP contribution in [0.3, 0.4) is 0 Å². The van der Waals surface area contributed by atoms with Crippen LogP contribution in [0.25, 0.3) is 16.6 Å². The normalized spacial score (nSPS) is 11.0. The van der Waals surface area contributed by atoms with E-state index in [1.807, 2.05) is 50.2 Å². The van der Waals surface area contributed by atoms with Gasteiger partial charge in [0.1, 0.15) is 5.82 Å². The molecule has 1 heterocycles. The van der Waals surface area contributed by atoms with Crippen LogP contribution in [0.15, 0.2) is 74.8 Å². The summed E-state index contributed by atoms with van der Waals surface area (Å²) in [4.78, 5) is 31.0. The van der Waals surface area contributed by atoms with Gasteiger partial charge in [0.15, 0.2) is 0 Å². The number of hydrogen-bond donors (Lipinski definition) is 1. The van der Waals surface area contributed by atoms with Crippen LogP contribution >= 0.6 is 39.3 Å². The van der Waals surface area contributed by atoms with Gasteiger partial charge in [-0.15, -0.1) is 11.8 Å². The van der Waals surface area contributed by atoms with Gasteiger partial charge in [-0.3, -0.25) is 14.2 Å². The van der Waals surface area contributed by atoms with Crippen molar-refractivity contribution in [1.82, 2.24) is 9.55 Å². The lowest BCUT2D eigenvalue weighted by Crippen LogP contribution is -2.22. The van der Waals surface area contributed by atoms with Crippen molar-refractivity contribution in [3.05, 3.63) is 91.9 Å². The highest BCUT2D eigenvalue weighted by Crippen LogP contribution is 2.27. The average molecular weight is 529 g/mol. The van der Waals surface area contributed by atoms with Crippen LogP contribution in [-0.2, 0) is 4.79 Å². The van der Waals surface area contributed by atoms with E-state index in [4.69, 9.17) is 11.6 Å². The molecule has 0 bridgehead atoms. The molecule has 0 spiro atoms. The summed E-state index contributed by atoms with van der Waals surface area (Å²) in [5, 5.41) is 4.05. The fourth-order valence-electron chi connectivity index (χ4n) is 3.38. The topological polar surface area (TPSA) is 64.0 Å². The maximum atomic E-state index is 13.1. The Morgan fingerprint density at radius 3 is 2.59 bits per heavy atom. The van der Waals surface area contributed by atoms with Crippen LogP contribution in [0.4, 0.5) is 5.69 Å². The smallest absolute Gasteiger partial charge is 0.265 e. The van der Waals surface area contributed by atoms with Crippen LogP contribution in [0.5, 0.6) is 0 Å². The maximum Gasteiger partial charge on any atom is 0.265 e. The molecule has 0 saturated heterocycles. The summed E-state index contributed by atoms with van der Waals surface area (Å²) in [7, 11) is 0. The Morgan fingerprint density at radius 1 is 1.12 bits per heavy atom. The molecule has 0 aliphatic carbocycles. The highest BCUT2D eigenvalue weighted by atomic mass is 79.9. The molecule has 162 valence electrons. The van der Waals surface area contributed by atoms with E-state index in [2.05, 4.69) is 26.2 Å². The molecule has 8 heteroatoms. The molecule has 1 N–H and O–H groups in total. The van der Waals surface area contributed by atoms with Crippen molar-refractivity contribution < 1.29 is 4.79 Å². The van der Waals surface area contributed by atoms with E-state index < -0.39 is 0 Å². The molecule has 0 atom stereocenters. The molecule has 0 saturated carbocycles. The second-order valence-electron chi connectivity index (χ2n) is 7.23. The number of aryl methyl sites for hydroxylation is 2. The van der Waals surface area contributed by atoms with Gasteiger partial charge in [-0.1, -0.05) is 23.7 Å². The van der Waals surface area contributed by atoms with Crippen molar-refractivity contribution in [2.24, 2.45) is 0 Å². The van der Waals surface area contributed by atoms with Gasteiger partial charge in [-0.25, -0.2) is 4.98 Å². The third-order valence-electron chi connectivity index (χ3n) is 4.94. The summed E-state index contributed by atoms with van der Waals surface area (Å²) in [5.41, 5.74) is 3.03. The zero-order valence-corrected chi connectivity index (χ0v) is 20.5. The fourth-order valence-corrected chi connectivity index (χ4v) is 4.86. The number of nitrogens with zero attached hydrogens (tertiary/aromatic N) is 2. The highest BCUT2D eigenvalue weighted by Gasteiger charge is 2.12. The van der Waals surface area contributed by atoms with Crippen molar-refractivity contribution >= 4 is 61.8 Å². The van der Waals surface area contributed by atoms with Crippen molar-refractivity contribution in [1.29, 1.82) is 0 Å². The third kappa shape index (κ3) is 4.75. The molecule has 32 heavy (non-hydrogen) atoms. The van der Waals surface area contributed by atoms with Crippen molar-refractivity contribution in [2.45, 2.75) is 18.7 Å². The predicted octanol–water partition coefficient (Wildman–Crippen LogP) is 6.15. The molecule has 4 aromatic rings. The van der Waals surface area contributed by atoms with Gasteiger partial charge in [0.05, 0.1) is 28.0 Å². The van der Waals surface area contributed by atoms with Gasteiger partial charge in [0.25, 0.3) is 5.56 Å². The van der Waals surface area contributed by atoms with Gasteiger partial charge < -0.3 is 5.32 Å². The number of rotatable bonds is 5. The number of anilines is 1. The molecule has 3 aromatic carbocycles. The quantitative estimate of drug-likeness (QED) is 0.316. The number of nitrogens with one attached hydrogen (secondary N) is 1. The summed E-state index contributed by atoms with van der Waals surface area (Å²) >= 11 is 10.7. The SMILES string of the molecule is Cc1cccc2c(=O)n(-c3ccc(SCC(=O)Nc4ccc(Cl)cc4Br)cc3)c(C)nc12. The average Bonchev–Trinajstić information content (AvgIpc) is 2.76. The minimum Gasteiger partial charge on any atom is -0.324 e. The standard InChI is InChI=1S/C24H19BrClN3O2S/c1-14-4-3-5-19-23(14)27-15(2)29(24(19)31)17-7-9-18(10-8-17)32-13-22(30)28-21-11-6-16(26)12-20(21)25/h3-12H,13H2,1-2H3,(H,28,30). The first-order valence-electron chi connectivity index (χ1n) is 9.80. The monoisotopic (exact) mass is 527 g/mol. The lowest BCUT2D eigenvalue weighted by Gasteiger charge is -2.12. The molecule has 5 nitrogen and oxygen atoms in total. The molecule has 1 amide bonds.